The fourth-order valence-corrected chi connectivity index (χ4v) is 3.88. The number of anilines is 1. The molecule has 1 aromatic heterocycles. The average molecular weight is 353 g/mol. The van der Waals surface area contributed by atoms with E-state index in [1.165, 1.54) is 16.7 Å². The molecule has 2 aromatic carbocycles. The fraction of sp³-hybridized carbons (Fsp3) is 0.200. The lowest BCUT2D eigenvalue weighted by Gasteiger charge is -2.06. The number of hydrogen-bond acceptors (Lipinski definition) is 3. The Morgan fingerprint density at radius 2 is 1.80 bits per heavy atom. The van der Waals surface area contributed by atoms with Crippen LogP contribution in [0.1, 0.15) is 32.8 Å². The SMILES string of the molecule is Cc1sc(NC(=O)CCc2ccc3ccccc3c2)c(C(=O)O)c1C. The smallest absolute Gasteiger partial charge is 0.338 e. The molecule has 0 aliphatic carbocycles. The predicted molar refractivity (Wildman–Crippen MR) is 102 cm³/mol. The molecule has 1 heterocycles. The van der Waals surface area contributed by atoms with E-state index >= 15 is 0 Å². The number of carbonyl (C=O) groups is 2. The van der Waals surface area contributed by atoms with Crippen molar-refractivity contribution in [1.82, 2.24) is 0 Å². The first-order chi connectivity index (χ1) is 12.0. The first kappa shape index (κ1) is 17.2. The van der Waals surface area contributed by atoms with Crippen LogP contribution in [-0.4, -0.2) is 17.0 Å². The zero-order chi connectivity index (χ0) is 18.0. The van der Waals surface area contributed by atoms with Gasteiger partial charge in [-0.25, -0.2) is 4.79 Å². The lowest BCUT2D eigenvalue weighted by Crippen LogP contribution is -2.14. The van der Waals surface area contributed by atoms with Crippen LogP contribution in [0.15, 0.2) is 42.5 Å². The van der Waals surface area contributed by atoms with Crippen LogP contribution in [0.25, 0.3) is 10.8 Å². The van der Waals surface area contributed by atoms with Crippen molar-refractivity contribution in [3.05, 3.63) is 64.0 Å². The highest BCUT2D eigenvalue weighted by molar-refractivity contribution is 7.16. The van der Waals surface area contributed by atoms with E-state index < -0.39 is 5.97 Å². The number of benzene rings is 2. The third-order valence-corrected chi connectivity index (χ3v) is 5.43. The summed E-state index contributed by atoms with van der Waals surface area (Å²) in [5.74, 6) is -1.18. The van der Waals surface area contributed by atoms with Gasteiger partial charge in [-0.1, -0.05) is 42.5 Å². The summed E-state index contributed by atoms with van der Waals surface area (Å²) in [6.07, 6.45) is 0.926. The molecular formula is C20H19NO3S. The van der Waals surface area contributed by atoms with Gasteiger partial charge in [0.1, 0.15) is 5.00 Å². The maximum Gasteiger partial charge on any atom is 0.338 e. The molecule has 3 rings (SSSR count). The van der Waals surface area contributed by atoms with Gasteiger partial charge in [0.05, 0.1) is 5.56 Å². The van der Waals surface area contributed by atoms with Crippen molar-refractivity contribution in [3.8, 4) is 0 Å². The van der Waals surface area contributed by atoms with E-state index in [2.05, 4.69) is 29.6 Å². The number of carboxylic acid groups (broad SMARTS) is 1. The summed E-state index contributed by atoms with van der Waals surface area (Å²) in [5.41, 5.74) is 2.00. The van der Waals surface area contributed by atoms with Crippen LogP contribution in [-0.2, 0) is 11.2 Å². The molecule has 128 valence electrons. The number of fused-ring (bicyclic) bond motifs is 1. The molecule has 5 heteroatoms. The summed E-state index contributed by atoms with van der Waals surface area (Å²) in [4.78, 5) is 24.5. The van der Waals surface area contributed by atoms with Gasteiger partial charge in [-0.2, -0.15) is 0 Å². The van der Waals surface area contributed by atoms with Crippen molar-refractivity contribution < 1.29 is 14.7 Å². The Morgan fingerprint density at radius 3 is 2.52 bits per heavy atom. The van der Waals surface area contributed by atoms with E-state index in [9.17, 15) is 14.7 Å². The maximum atomic E-state index is 12.2. The quantitative estimate of drug-likeness (QED) is 0.693. The van der Waals surface area contributed by atoms with Gasteiger partial charge in [-0.15, -0.1) is 11.3 Å². The molecular weight excluding hydrogens is 334 g/mol. The average Bonchev–Trinajstić information content (AvgIpc) is 2.86. The first-order valence-electron chi connectivity index (χ1n) is 8.06. The molecule has 0 aliphatic rings. The molecule has 4 nitrogen and oxygen atoms in total. The Balaban J connectivity index is 1.68. The normalized spacial score (nSPS) is 10.8. The molecule has 0 bridgehead atoms. The third kappa shape index (κ3) is 3.72. The summed E-state index contributed by atoms with van der Waals surface area (Å²) in [6, 6.07) is 14.3. The molecule has 0 saturated heterocycles. The number of carboxylic acids is 1. The van der Waals surface area contributed by atoms with Gasteiger partial charge in [0, 0.05) is 11.3 Å². The number of thiophene rings is 1. The van der Waals surface area contributed by atoms with E-state index in [0.717, 1.165) is 15.8 Å². The van der Waals surface area contributed by atoms with E-state index in [-0.39, 0.29) is 11.5 Å². The Bertz CT molecular complexity index is 959. The molecule has 1 amide bonds. The summed E-state index contributed by atoms with van der Waals surface area (Å²) in [7, 11) is 0. The molecule has 25 heavy (non-hydrogen) atoms. The summed E-state index contributed by atoms with van der Waals surface area (Å²) in [5, 5.41) is 14.8. The third-order valence-electron chi connectivity index (χ3n) is 4.31. The zero-order valence-electron chi connectivity index (χ0n) is 14.1. The van der Waals surface area contributed by atoms with Gasteiger partial charge < -0.3 is 10.4 Å². The molecule has 0 aliphatic heterocycles. The molecule has 0 spiro atoms. The highest BCUT2D eigenvalue weighted by Gasteiger charge is 2.20. The topological polar surface area (TPSA) is 66.4 Å². The number of carbonyl (C=O) groups excluding carboxylic acids is 1. The largest absolute Gasteiger partial charge is 0.478 e. The highest BCUT2D eigenvalue weighted by atomic mass is 32.1. The number of hydrogen-bond donors (Lipinski definition) is 2. The van der Waals surface area contributed by atoms with Crippen molar-refractivity contribution >= 4 is 39.0 Å². The molecule has 0 unspecified atom stereocenters. The van der Waals surface area contributed by atoms with E-state index in [0.29, 0.717) is 23.4 Å². The van der Waals surface area contributed by atoms with Gasteiger partial charge in [0.25, 0.3) is 0 Å². The molecule has 3 aromatic rings. The van der Waals surface area contributed by atoms with Crippen LogP contribution in [0.5, 0.6) is 0 Å². The van der Waals surface area contributed by atoms with Crippen molar-refractivity contribution in [2.24, 2.45) is 0 Å². The summed E-state index contributed by atoms with van der Waals surface area (Å²) < 4.78 is 0. The van der Waals surface area contributed by atoms with Crippen molar-refractivity contribution in [1.29, 1.82) is 0 Å². The molecule has 0 atom stereocenters. The Labute approximate surface area is 150 Å². The van der Waals surface area contributed by atoms with Crippen LogP contribution in [0.3, 0.4) is 0 Å². The van der Waals surface area contributed by atoms with Crippen molar-refractivity contribution in [2.45, 2.75) is 26.7 Å². The number of aromatic carboxylic acids is 1. The molecule has 0 fully saturated rings. The van der Waals surface area contributed by atoms with Gasteiger partial charge in [0.2, 0.25) is 5.91 Å². The van der Waals surface area contributed by atoms with E-state index in [1.54, 1.807) is 6.92 Å². The maximum absolute atomic E-state index is 12.2. The monoisotopic (exact) mass is 353 g/mol. The second-order valence-electron chi connectivity index (χ2n) is 6.02. The van der Waals surface area contributed by atoms with Crippen molar-refractivity contribution in [3.63, 3.8) is 0 Å². The number of aryl methyl sites for hydroxylation is 2. The van der Waals surface area contributed by atoms with Crippen LogP contribution in [0.4, 0.5) is 5.00 Å². The van der Waals surface area contributed by atoms with E-state index in [1.807, 2.05) is 25.1 Å². The summed E-state index contributed by atoms with van der Waals surface area (Å²) in [6.45, 7) is 3.62. The van der Waals surface area contributed by atoms with Crippen LogP contribution in [0, 0.1) is 13.8 Å². The number of nitrogens with one attached hydrogen (secondary N) is 1. The standard InChI is InChI=1S/C20H19NO3S/c1-12-13(2)25-19(18(12)20(23)24)21-17(22)10-8-14-7-9-15-5-3-4-6-16(15)11-14/h3-7,9,11H,8,10H2,1-2H3,(H,21,22)(H,23,24). The van der Waals surface area contributed by atoms with Gasteiger partial charge in [0.15, 0.2) is 0 Å². The van der Waals surface area contributed by atoms with Crippen molar-refractivity contribution in [2.75, 3.05) is 5.32 Å². The minimum atomic E-state index is -1.01. The summed E-state index contributed by atoms with van der Waals surface area (Å²) >= 11 is 1.31. The highest BCUT2D eigenvalue weighted by Crippen LogP contribution is 2.32. The first-order valence-corrected chi connectivity index (χ1v) is 8.88. The second kappa shape index (κ2) is 7.07. The lowest BCUT2D eigenvalue weighted by molar-refractivity contribution is -0.116. The predicted octanol–water partition coefficient (Wildman–Crippen LogP) is 4.79. The number of amides is 1. The molecule has 2 N–H and O–H groups in total. The van der Waals surface area contributed by atoms with E-state index in [4.69, 9.17) is 0 Å². The Morgan fingerprint density at radius 1 is 1.08 bits per heavy atom. The van der Waals surface area contributed by atoms with Crippen LogP contribution >= 0.6 is 11.3 Å². The lowest BCUT2D eigenvalue weighted by atomic mass is 10.0. The Hall–Kier alpha value is -2.66. The van der Waals surface area contributed by atoms with Crippen LogP contribution in [0.2, 0.25) is 0 Å². The minimum Gasteiger partial charge on any atom is -0.478 e. The van der Waals surface area contributed by atoms with Crippen LogP contribution < -0.4 is 5.32 Å². The molecule has 0 radical (unpaired) electrons. The number of rotatable bonds is 5. The van der Waals surface area contributed by atoms with Gasteiger partial charge >= 0.3 is 5.97 Å². The van der Waals surface area contributed by atoms with Gasteiger partial charge in [-0.3, -0.25) is 4.79 Å². The zero-order valence-corrected chi connectivity index (χ0v) is 14.9. The molecule has 0 saturated carbocycles. The minimum absolute atomic E-state index is 0.170. The second-order valence-corrected chi connectivity index (χ2v) is 7.25. The Kier molecular flexibility index (Phi) is 4.86. The van der Waals surface area contributed by atoms with Gasteiger partial charge in [-0.05, 0) is 42.2 Å². The fourth-order valence-electron chi connectivity index (χ4n) is 2.81.